The second-order valence-corrected chi connectivity index (χ2v) is 9.02. The monoisotopic (exact) mass is 524 g/mol. The number of likely N-dealkylation sites (tertiary alicyclic amines) is 1. The van der Waals surface area contributed by atoms with Crippen molar-refractivity contribution in [2.24, 2.45) is 0 Å². The summed E-state index contributed by atoms with van der Waals surface area (Å²) in [4.78, 5) is 30.8. The number of hydrogen-bond donors (Lipinski definition) is 2. The molecule has 2 aliphatic rings. The number of amides is 1. The van der Waals surface area contributed by atoms with Crippen LogP contribution in [0.1, 0.15) is 23.6 Å². The summed E-state index contributed by atoms with van der Waals surface area (Å²) < 4.78 is 14.0. The van der Waals surface area contributed by atoms with Crippen molar-refractivity contribution < 1.29 is 28.7 Å². The van der Waals surface area contributed by atoms with Crippen LogP contribution in [0.3, 0.4) is 0 Å². The Hall–Kier alpha value is -3.59. The van der Waals surface area contributed by atoms with Gasteiger partial charge in [0.25, 0.3) is 11.7 Å². The van der Waals surface area contributed by atoms with Crippen LogP contribution < -0.4 is 14.0 Å². The van der Waals surface area contributed by atoms with E-state index in [0.29, 0.717) is 49.8 Å². The van der Waals surface area contributed by atoms with Crippen LogP contribution in [0.15, 0.2) is 71.2 Å². The van der Waals surface area contributed by atoms with Crippen LogP contribution in [0.2, 0.25) is 0 Å². The summed E-state index contributed by atoms with van der Waals surface area (Å²) in [5, 5.41) is 11.3. The number of ether oxygens (including phenoxy) is 2. The molecular weight excluding hydrogens is 502 g/mol. The maximum Gasteiger partial charge on any atom is 0.295 e. The molecule has 3 aromatic rings. The number of aromatic amines is 1. The van der Waals surface area contributed by atoms with Crippen molar-refractivity contribution in [3.63, 3.8) is 0 Å². The molecule has 174 valence electrons. The third-order valence-electron chi connectivity index (χ3n) is 5.96. The van der Waals surface area contributed by atoms with Crippen LogP contribution in [-0.4, -0.2) is 46.4 Å². The van der Waals surface area contributed by atoms with Gasteiger partial charge in [-0.3, -0.25) is 14.6 Å². The first-order valence-corrected chi connectivity index (χ1v) is 11.8. The van der Waals surface area contributed by atoms with E-state index in [-0.39, 0.29) is 11.3 Å². The predicted molar refractivity (Wildman–Crippen MR) is 126 cm³/mol. The molecule has 0 bridgehead atoms. The van der Waals surface area contributed by atoms with E-state index in [9.17, 15) is 14.7 Å². The highest BCUT2D eigenvalue weighted by Crippen LogP contribution is 2.41. The van der Waals surface area contributed by atoms with Crippen molar-refractivity contribution in [2.45, 2.75) is 19.0 Å². The van der Waals surface area contributed by atoms with E-state index in [1.54, 1.807) is 23.1 Å². The molecule has 0 saturated carbocycles. The number of nitrogens with zero attached hydrogens (tertiary/aromatic N) is 2. The Bertz CT molecular complexity index is 1250. The smallest absolute Gasteiger partial charge is 0.295 e. The molecule has 1 saturated heterocycles. The van der Waals surface area contributed by atoms with Crippen molar-refractivity contribution in [1.29, 1.82) is 0 Å². The molecule has 1 aromatic heterocycles. The molecule has 1 fully saturated rings. The average Bonchev–Trinajstić information content (AvgIpc) is 3.46. The van der Waals surface area contributed by atoms with Crippen LogP contribution in [0.4, 0.5) is 0 Å². The summed E-state index contributed by atoms with van der Waals surface area (Å²) in [5.41, 5.74) is 1.21. The molecule has 2 N–H and O–H groups in total. The van der Waals surface area contributed by atoms with Gasteiger partial charge in [0, 0.05) is 23.0 Å². The molecule has 0 aliphatic carbocycles. The van der Waals surface area contributed by atoms with Gasteiger partial charge in [-0.25, -0.2) is 4.57 Å². The number of ketones is 1. The van der Waals surface area contributed by atoms with E-state index in [1.807, 2.05) is 47.6 Å². The van der Waals surface area contributed by atoms with Crippen LogP contribution >= 0.6 is 15.9 Å². The first-order chi connectivity index (χ1) is 16.5. The topological polar surface area (TPSA) is 95.7 Å². The van der Waals surface area contributed by atoms with Crippen LogP contribution in [0.25, 0.3) is 5.76 Å². The lowest BCUT2D eigenvalue weighted by atomic mass is 9.95. The first kappa shape index (κ1) is 22.2. The second kappa shape index (κ2) is 9.34. The lowest BCUT2D eigenvalue weighted by Gasteiger charge is -2.25. The third-order valence-corrected chi connectivity index (χ3v) is 6.49. The maximum absolute atomic E-state index is 13.2. The van der Waals surface area contributed by atoms with Crippen molar-refractivity contribution in [3.05, 3.63) is 82.4 Å². The number of aromatic nitrogens is 2. The number of benzene rings is 2. The third kappa shape index (κ3) is 4.19. The van der Waals surface area contributed by atoms with E-state index in [1.165, 1.54) is 0 Å². The summed E-state index contributed by atoms with van der Waals surface area (Å²) in [6.07, 6.45) is 6.21. The minimum Gasteiger partial charge on any atom is -0.507 e. The number of aryl methyl sites for hydroxylation is 1. The lowest BCUT2D eigenvalue weighted by Crippen LogP contribution is -2.36. The summed E-state index contributed by atoms with van der Waals surface area (Å²) in [5.74, 6) is -0.477. The van der Waals surface area contributed by atoms with E-state index in [4.69, 9.17) is 9.47 Å². The number of imidazole rings is 1. The van der Waals surface area contributed by atoms with Gasteiger partial charge in [-0.05, 0) is 35.9 Å². The van der Waals surface area contributed by atoms with Gasteiger partial charge in [-0.1, -0.05) is 28.1 Å². The molecule has 3 heterocycles. The highest BCUT2D eigenvalue weighted by atomic mass is 79.9. The van der Waals surface area contributed by atoms with Crippen LogP contribution in [0.5, 0.6) is 11.5 Å². The quantitative estimate of drug-likeness (QED) is 0.223. The van der Waals surface area contributed by atoms with E-state index in [2.05, 4.69) is 20.9 Å². The zero-order valence-corrected chi connectivity index (χ0v) is 19.8. The normalized spacial score (nSPS) is 19.0. The van der Waals surface area contributed by atoms with Crippen molar-refractivity contribution in [1.82, 2.24) is 9.88 Å². The second-order valence-electron chi connectivity index (χ2n) is 8.11. The van der Waals surface area contributed by atoms with E-state index < -0.39 is 17.7 Å². The molecule has 9 heteroatoms. The molecule has 1 unspecified atom stereocenters. The molecule has 1 atom stereocenters. The van der Waals surface area contributed by atoms with E-state index in [0.717, 1.165) is 10.0 Å². The minimum atomic E-state index is -0.699. The zero-order chi connectivity index (χ0) is 23.7. The predicted octanol–water partition coefficient (Wildman–Crippen LogP) is 3.35. The Kier molecular flexibility index (Phi) is 6.10. The van der Waals surface area contributed by atoms with Gasteiger partial charge in [0.05, 0.1) is 18.2 Å². The Balaban J connectivity index is 1.53. The van der Waals surface area contributed by atoms with Crippen LogP contribution in [-0.2, 0) is 16.1 Å². The summed E-state index contributed by atoms with van der Waals surface area (Å²) in [6, 6.07) is 11.7. The Morgan fingerprint density at radius 1 is 1.12 bits per heavy atom. The van der Waals surface area contributed by atoms with Gasteiger partial charge in [0.15, 0.2) is 11.5 Å². The standard InChI is InChI=1S/C25H22BrN3O5/c26-18-5-2-16(3-6-18)22-21(23(30)17-4-7-19-20(14-17)34-13-12-33-19)24(31)25(32)29(22)10-1-9-28-11-8-27-15-28/h2-8,11,14-15,22H,1,9-10,12-13H2,(H,30,31)/p+1. The number of carbonyl (C=O) groups excluding carboxylic acids is 2. The van der Waals surface area contributed by atoms with Crippen molar-refractivity contribution in [3.8, 4) is 11.5 Å². The number of fused-ring (bicyclic) bond motifs is 1. The van der Waals surface area contributed by atoms with Gasteiger partial charge in [-0.15, -0.1) is 0 Å². The number of aliphatic hydroxyl groups is 1. The summed E-state index contributed by atoms with van der Waals surface area (Å²) >= 11 is 3.43. The van der Waals surface area contributed by atoms with Crippen molar-refractivity contribution >= 4 is 33.4 Å². The summed E-state index contributed by atoms with van der Waals surface area (Å²) in [6.45, 7) is 1.90. The van der Waals surface area contributed by atoms with Gasteiger partial charge >= 0.3 is 0 Å². The molecule has 34 heavy (non-hydrogen) atoms. The zero-order valence-electron chi connectivity index (χ0n) is 18.2. The van der Waals surface area contributed by atoms with Crippen LogP contribution in [0, 0.1) is 0 Å². The first-order valence-electron chi connectivity index (χ1n) is 11.0. The highest BCUT2D eigenvalue weighted by Gasteiger charge is 2.45. The van der Waals surface area contributed by atoms with Gasteiger partial charge in [-0.2, -0.15) is 0 Å². The van der Waals surface area contributed by atoms with Gasteiger partial charge < -0.3 is 19.5 Å². The number of carbonyl (C=O) groups is 2. The molecule has 0 spiro atoms. The SMILES string of the molecule is O=C1C(=O)N(CCC[n+]2cc[nH]c2)C(c2ccc(Br)cc2)C1=C(O)c1ccc2c(c1)OCCO2. The fourth-order valence-electron chi connectivity index (χ4n) is 4.33. The Labute approximate surface area is 204 Å². The Morgan fingerprint density at radius 2 is 1.88 bits per heavy atom. The largest absolute Gasteiger partial charge is 0.507 e. The molecule has 2 aliphatic heterocycles. The number of Topliss-reactive ketones (excluding diaryl/α,β-unsaturated/α-hetero) is 1. The van der Waals surface area contributed by atoms with Crippen molar-refractivity contribution in [2.75, 3.05) is 19.8 Å². The van der Waals surface area contributed by atoms with Gasteiger partial charge in [0.2, 0.25) is 6.33 Å². The molecule has 0 radical (unpaired) electrons. The minimum absolute atomic E-state index is 0.0679. The molecule has 2 aromatic carbocycles. The number of rotatable bonds is 6. The average molecular weight is 525 g/mol. The fraction of sp³-hybridized carbons (Fsp3) is 0.240. The Morgan fingerprint density at radius 3 is 2.62 bits per heavy atom. The summed E-state index contributed by atoms with van der Waals surface area (Å²) in [7, 11) is 0. The molecule has 1 amide bonds. The number of hydrogen-bond acceptors (Lipinski definition) is 5. The highest BCUT2D eigenvalue weighted by molar-refractivity contribution is 9.10. The van der Waals surface area contributed by atoms with Gasteiger partial charge in [0.1, 0.15) is 31.4 Å². The fourth-order valence-corrected chi connectivity index (χ4v) is 4.60. The number of aliphatic hydroxyl groups excluding tert-OH is 1. The molecular formula is C25H23BrN3O5+. The molecule has 8 nitrogen and oxygen atoms in total. The number of H-pyrrole nitrogens is 1. The maximum atomic E-state index is 13.2. The van der Waals surface area contributed by atoms with E-state index >= 15 is 0 Å². The number of halogens is 1. The number of nitrogens with one attached hydrogen (secondary N) is 1. The lowest BCUT2D eigenvalue weighted by molar-refractivity contribution is -0.695. The molecule has 5 rings (SSSR count).